The molecule has 0 N–H and O–H groups in total. The minimum atomic E-state index is 0.429. The SMILES string of the molecule is [C-]#[N+]c1ccc(-c2ccc3c(c2)c2ccccc2n3-c2cccc([N+]#[C-])c2-c2cc(C)ccc2-n2c3ccccc3c3cc(-c4ccc(C#N)cc4C#N)ccc32)c([N+]#[C-])c1. The first-order valence-electron chi connectivity index (χ1n) is 19.5. The van der Waals surface area contributed by atoms with E-state index in [9.17, 15) is 10.5 Å². The van der Waals surface area contributed by atoms with E-state index in [4.69, 9.17) is 19.7 Å². The Hall–Kier alpha value is -9.19. The van der Waals surface area contributed by atoms with E-state index in [1.807, 2.05) is 60.7 Å². The summed E-state index contributed by atoms with van der Waals surface area (Å²) in [6.07, 6.45) is 0. The number of nitriles is 2. The zero-order valence-corrected chi connectivity index (χ0v) is 32.6. The number of hydrogen-bond acceptors (Lipinski definition) is 2. The van der Waals surface area contributed by atoms with Crippen LogP contribution in [0.5, 0.6) is 0 Å². The van der Waals surface area contributed by atoms with Crippen LogP contribution in [0.25, 0.3) is 103 Å². The van der Waals surface area contributed by atoms with Crippen LogP contribution in [0, 0.1) is 49.3 Å². The number of hydrogen-bond donors (Lipinski definition) is 0. The monoisotopic (exact) mass is 775 g/mol. The van der Waals surface area contributed by atoms with Gasteiger partial charge in [0.25, 0.3) is 0 Å². The molecule has 0 atom stereocenters. The maximum absolute atomic E-state index is 10.0. The molecule has 0 fully saturated rings. The zero-order chi connectivity index (χ0) is 41.8. The van der Waals surface area contributed by atoms with Crippen LogP contribution in [-0.4, -0.2) is 9.13 Å². The van der Waals surface area contributed by atoms with Gasteiger partial charge in [-0.15, -0.1) is 0 Å². The molecule has 8 aromatic carbocycles. The van der Waals surface area contributed by atoms with Crippen molar-refractivity contribution in [1.82, 2.24) is 9.13 Å². The standard InChI is InChI=1S/C54H29N7/c1-33-16-23-52(60-48-13-7-5-10-41(48)43-28-35(18-24-50(43)60)39-21-17-34(31-55)27-37(39)32-56)45(26-33)54-46(58-3)12-9-15-53(54)61-49-14-8-6-11-42(49)44-29-36(19-25-51(44)61)40-22-20-38(57-2)30-47(40)59-4/h5-30H,1H3. The van der Waals surface area contributed by atoms with Gasteiger partial charge in [0.2, 0.25) is 0 Å². The number of para-hydroxylation sites is 2. The molecule has 10 aromatic rings. The summed E-state index contributed by atoms with van der Waals surface area (Å²) in [4.78, 5) is 11.5. The molecule has 0 spiro atoms. The summed E-state index contributed by atoms with van der Waals surface area (Å²) >= 11 is 0. The lowest BCUT2D eigenvalue weighted by Crippen LogP contribution is -2.02. The molecular formula is C54H29N7. The van der Waals surface area contributed by atoms with Crippen LogP contribution in [0.2, 0.25) is 0 Å². The van der Waals surface area contributed by atoms with E-state index >= 15 is 0 Å². The molecule has 0 aliphatic carbocycles. The van der Waals surface area contributed by atoms with Crippen molar-refractivity contribution in [2.45, 2.75) is 6.92 Å². The Morgan fingerprint density at radius 2 is 1.08 bits per heavy atom. The minimum Gasteiger partial charge on any atom is -0.310 e. The molecule has 2 aromatic heterocycles. The molecule has 0 unspecified atom stereocenters. The van der Waals surface area contributed by atoms with Crippen LogP contribution in [0.3, 0.4) is 0 Å². The molecule has 0 bridgehead atoms. The molecule has 0 radical (unpaired) electrons. The van der Waals surface area contributed by atoms with E-state index in [0.717, 1.165) is 93.9 Å². The Kier molecular flexibility index (Phi) is 8.49. The highest BCUT2D eigenvalue weighted by atomic mass is 15.0. The van der Waals surface area contributed by atoms with Crippen LogP contribution < -0.4 is 0 Å². The molecule has 10 rings (SSSR count). The average molecular weight is 776 g/mol. The third-order valence-corrected chi connectivity index (χ3v) is 11.5. The predicted octanol–water partition coefficient (Wildman–Crippen LogP) is 14.6. The van der Waals surface area contributed by atoms with Gasteiger partial charge in [0, 0.05) is 32.8 Å². The van der Waals surface area contributed by atoms with Crippen molar-refractivity contribution in [2.24, 2.45) is 0 Å². The van der Waals surface area contributed by atoms with Gasteiger partial charge in [0.1, 0.15) is 0 Å². The second kappa shape index (κ2) is 14.3. The molecule has 7 nitrogen and oxygen atoms in total. The van der Waals surface area contributed by atoms with Crippen LogP contribution in [0.1, 0.15) is 16.7 Å². The second-order valence-corrected chi connectivity index (χ2v) is 14.9. The summed E-state index contributed by atoms with van der Waals surface area (Å²) in [6.45, 7) is 25.9. The first kappa shape index (κ1) is 36.2. The number of aromatic nitrogens is 2. The summed E-state index contributed by atoms with van der Waals surface area (Å²) in [5, 5.41) is 23.6. The quantitative estimate of drug-likeness (QED) is 0.163. The molecule has 61 heavy (non-hydrogen) atoms. The lowest BCUT2D eigenvalue weighted by Gasteiger charge is -2.20. The summed E-state index contributed by atoms with van der Waals surface area (Å²) in [5.74, 6) is 0. The number of fused-ring (bicyclic) bond motifs is 6. The van der Waals surface area contributed by atoms with Crippen molar-refractivity contribution in [3.05, 3.63) is 209 Å². The van der Waals surface area contributed by atoms with Gasteiger partial charge in [-0.3, -0.25) is 0 Å². The van der Waals surface area contributed by atoms with Crippen LogP contribution in [0.4, 0.5) is 17.1 Å². The molecule has 7 heteroatoms. The topological polar surface area (TPSA) is 70.5 Å². The van der Waals surface area contributed by atoms with Gasteiger partial charge in [0.15, 0.2) is 17.1 Å². The van der Waals surface area contributed by atoms with Crippen molar-refractivity contribution < 1.29 is 0 Å². The molecule has 280 valence electrons. The molecule has 0 aliphatic rings. The van der Waals surface area contributed by atoms with E-state index in [1.165, 1.54) is 0 Å². The molecule has 2 heterocycles. The Bertz CT molecular complexity index is 3730. The average Bonchev–Trinajstić information content (AvgIpc) is 3.82. The van der Waals surface area contributed by atoms with Crippen LogP contribution in [-0.2, 0) is 0 Å². The normalized spacial score (nSPS) is 11.0. The van der Waals surface area contributed by atoms with Gasteiger partial charge in [-0.2, -0.15) is 10.5 Å². The Labute approximate surface area is 351 Å². The van der Waals surface area contributed by atoms with Gasteiger partial charge in [-0.1, -0.05) is 103 Å². The van der Waals surface area contributed by atoms with E-state index < -0.39 is 0 Å². The Balaban J connectivity index is 1.23. The van der Waals surface area contributed by atoms with E-state index in [-0.39, 0.29) is 0 Å². The van der Waals surface area contributed by atoms with Crippen LogP contribution >= 0.6 is 0 Å². The third-order valence-electron chi connectivity index (χ3n) is 11.5. The predicted molar refractivity (Wildman–Crippen MR) is 244 cm³/mol. The summed E-state index contributed by atoms with van der Waals surface area (Å²) < 4.78 is 4.51. The third kappa shape index (κ3) is 5.69. The first-order chi connectivity index (χ1) is 29.9. The fourth-order valence-electron chi connectivity index (χ4n) is 8.81. The highest BCUT2D eigenvalue weighted by molar-refractivity contribution is 6.13. The maximum atomic E-state index is 10.0. The Morgan fingerprint density at radius 3 is 1.72 bits per heavy atom. The largest absolute Gasteiger partial charge is 0.310 e. The number of aryl methyl sites for hydroxylation is 1. The van der Waals surface area contributed by atoms with E-state index in [2.05, 4.69) is 116 Å². The Morgan fingerprint density at radius 1 is 0.459 bits per heavy atom. The van der Waals surface area contributed by atoms with E-state index in [1.54, 1.807) is 24.3 Å². The second-order valence-electron chi connectivity index (χ2n) is 14.9. The van der Waals surface area contributed by atoms with Gasteiger partial charge in [-0.05, 0) is 95.4 Å². The maximum Gasteiger partial charge on any atom is 0.197 e. The molecule has 0 saturated heterocycles. The fraction of sp³-hybridized carbons (Fsp3) is 0.0185. The first-order valence-corrected chi connectivity index (χ1v) is 19.5. The van der Waals surface area contributed by atoms with Crippen LogP contribution in [0.15, 0.2) is 158 Å². The molecule has 0 amide bonds. The van der Waals surface area contributed by atoms with Gasteiger partial charge < -0.3 is 9.13 Å². The zero-order valence-electron chi connectivity index (χ0n) is 32.6. The summed E-state index contributed by atoms with van der Waals surface area (Å²) in [5.41, 5.74) is 13.9. The van der Waals surface area contributed by atoms with Crippen molar-refractivity contribution >= 4 is 60.7 Å². The lowest BCUT2D eigenvalue weighted by atomic mass is 9.96. The minimum absolute atomic E-state index is 0.429. The lowest BCUT2D eigenvalue weighted by molar-refractivity contribution is 1.16. The summed E-state index contributed by atoms with van der Waals surface area (Å²) in [6, 6.07) is 56.2. The number of nitrogens with zero attached hydrogens (tertiary/aromatic N) is 7. The molecule has 0 saturated carbocycles. The van der Waals surface area contributed by atoms with Gasteiger partial charge >= 0.3 is 0 Å². The van der Waals surface area contributed by atoms with Gasteiger partial charge in [-0.25, -0.2) is 14.5 Å². The van der Waals surface area contributed by atoms with Crippen molar-refractivity contribution in [3.63, 3.8) is 0 Å². The molecule has 0 aliphatic heterocycles. The smallest absolute Gasteiger partial charge is 0.197 e. The highest BCUT2D eigenvalue weighted by Crippen LogP contribution is 2.46. The number of rotatable bonds is 5. The fourth-order valence-corrected chi connectivity index (χ4v) is 8.81. The van der Waals surface area contributed by atoms with Crippen molar-refractivity contribution in [2.75, 3.05) is 0 Å². The number of benzene rings is 8. The highest BCUT2D eigenvalue weighted by Gasteiger charge is 2.23. The van der Waals surface area contributed by atoms with E-state index in [0.29, 0.717) is 28.2 Å². The van der Waals surface area contributed by atoms with Gasteiger partial charge in [0.05, 0.1) is 70.7 Å². The molecular weight excluding hydrogens is 747 g/mol. The summed E-state index contributed by atoms with van der Waals surface area (Å²) in [7, 11) is 0. The van der Waals surface area contributed by atoms with Crippen molar-refractivity contribution in [3.8, 4) is 56.9 Å². The van der Waals surface area contributed by atoms with Crippen molar-refractivity contribution in [1.29, 1.82) is 10.5 Å².